The summed E-state index contributed by atoms with van der Waals surface area (Å²) in [7, 11) is 0. The number of phenolic OH excluding ortho intramolecular Hbond substituents is 1. The summed E-state index contributed by atoms with van der Waals surface area (Å²) in [6.07, 6.45) is 1.59. The number of fused-ring (bicyclic) bond motifs is 1. The number of aliphatic hydroxyl groups excluding tert-OH is 1. The third-order valence-electron chi connectivity index (χ3n) is 3.79. The van der Waals surface area contributed by atoms with Gasteiger partial charge in [0, 0.05) is 11.1 Å². The second kappa shape index (κ2) is 5.94. The second-order valence-electron chi connectivity index (χ2n) is 5.17. The summed E-state index contributed by atoms with van der Waals surface area (Å²) >= 11 is 6.11. The maximum absolute atomic E-state index is 14.3. The van der Waals surface area contributed by atoms with Crippen LogP contribution in [0.4, 0.5) is 4.39 Å². The van der Waals surface area contributed by atoms with E-state index < -0.39 is 5.82 Å². The van der Waals surface area contributed by atoms with Crippen molar-refractivity contribution >= 4 is 28.1 Å². The van der Waals surface area contributed by atoms with Crippen LogP contribution in [0.1, 0.15) is 12.5 Å². The van der Waals surface area contributed by atoms with Gasteiger partial charge in [0.25, 0.3) is 0 Å². The molecule has 0 aliphatic rings. The maximum atomic E-state index is 14.3. The van der Waals surface area contributed by atoms with Crippen LogP contribution in [0.5, 0.6) is 5.75 Å². The van der Waals surface area contributed by atoms with Gasteiger partial charge in [0.05, 0.1) is 5.02 Å². The van der Waals surface area contributed by atoms with E-state index in [1.165, 1.54) is 12.1 Å². The molecule has 0 aliphatic carbocycles. The smallest absolute Gasteiger partial charge is 0.135 e. The minimum Gasteiger partial charge on any atom is -0.508 e. The molecule has 0 amide bonds. The highest BCUT2D eigenvalue weighted by Gasteiger charge is 2.16. The zero-order valence-electron chi connectivity index (χ0n) is 12.3. The van der Waals surface area contributed by atoms with Crippen molar-refractivity contribution in [2.24, 2.45) is 0 Å². The molecule has 0 aliphatic heterocycles. The van der Waals surface area contributed by atoms with E-state index in [-0.39, 0.29) is 22.1 Å². The van der Waals surface area contributed by atoms with Gasteiger partial charge in [0.2, 0.25) is 0 Å². The Morgan fingerprint density at radius 2 is 1.91 bits per heavy atom. The first-order valence-corrected chi connectivity index (χ1v) is 7.46. The van der Waals surface area contributed by atoms with E-state index in [0.29, 0.717) is 11.1 Å². The monoisotopic (exact) mass is 328 g/mol. The average molecular weight is 329 g/mol. The van der Waals surface area contributed by atoms with Crippen molar-refractivity contribution in [3.05, 3.63) is 71.0 Å². The summed E-state index contributed by atoms with van der Waals surface area (Å²) in [4.78, 5) is 0. The van der Waals surface area contributed by atoms with Crippen LogP contribution in [-0.2, 0) is 0 Å². The van der Waals surface area contributed by atoms with Crippen LogP contribution in [0.15, 0.2) is 54.6 Å². The zero-order valence-corrected chi connectivity index (χ0v) is 13.1. The Morgan fingerprint density at radius 3 is 2.65 bits per heavy atom. The number of hydrogen-bond acceptors (Lipinski definition) is 2. The molecule has 0 aromatic heterocycles. The highest BCUT2D eigenvalue weighted by Crippen LogP contribution is 2.40. The molecular formula is C19H14ClFO2. The maximum Gasteiger partial charge on any atom is 0.135 e. The molecule has 0 heterocycles. The summed E-state index contributed by atoms with van der Waals surface area (Å²) in [5.74, 6) is -0.544. The van der Waals surface area contributed by atoms with E-state index in [4.69, 9.17) is 11.6 Å². The number of rotatable bonds is 2. The Morgan fingerprint density at radius 1 is 1.13 bits per heavy atom. The molecule has 3 rings (SSSR count). The van der Waals surface area contributed by atoms with Gasteiger partial charge in [0.15, 0.2) is 0 Å². The SMILES string of the molecule is CC=C(O)c1ccc2cccc(-c3c(F)ccc(O)c3Cl)c2c1. The van der Waals surface area contributed by atoms with Crippen molar-refractivity contribution < 1.29 is 14.6 Å². The van der Waals surface area contributed by atoms with Crippen molar-refractivity contribution in [3.63, 3.8) is 0 Å². The van der Waals surface area contributed by atoms with Gasteiger partial charge in [-0.3, -0.25) is 0 Å². The highest BCUT2D eigenvalue weighted by molar-refractivity contribution is 6.35. The lowest BCUT2D eigenvalue weighted by Gasteiger charge is -2.12. The van der Waals surface area contributed by atoms with Gasteiger partial charge < -0.3 is 10.2 Å². The molecule has 0 fully saturated rings. The van der Waals surface area contributed by atoms with Crippen molar-refractivity contribution in [1.82, 2.24) is 0 Å². The first kappa shape index (κ1) is 15.4. The molecule has 116 valence electrons. The molecule has 0 radical (unpaired) electrons. The number of halogens is 2. The lowest BCUT2D eigenvalue weighted by Crippen LogP contribution is -1.90. The Labute approximate surface area is 138 Å². The van der Waals surface area contributed by atoms with Crippen LogP contribution in [0.3, 0.4) is 0 Å². The molecule has 23 heavy (non-hydrogen) atoms. The van der Waals surface area contributed by atoms with Crippen molar-refractivity contribution in [1.29, 1.82) is 0 Å². The molecule has 0 spiro atoms. The predicted octanol–water partition coefficient (Wildman–Crippen LogP) is 5.92. The number of hydrogen-bond donors (Lipinski definition) is 2. The number of benzene rings is 3. The van der Waals surface area contributed by atoms with Crippen molar-refractivity contribution in [2.75, 3.05) is 0 Å². The molecule has 4 heteroatoms. The topological polar surface area (TPSA) is 40.5 Å². The number of phenols is 1. The lowest BCUT2D eigenvalue weighted by molar-refractivity contribution is 0.474. The number of allylic oxidation sites excluding steroid dienone is 1. The molecule has 0 unspecified atom stereocenters. The lowest BCUT2D eigenvalue weighted by atomic mass is 9.95. The van der Waals surface area contributed by atoms with Crippen LogP contribution >= 0.6 is 11.6 Å². The normalized spacial score (nSPS) is 11.9. The Balaban J connectivity index is 2.36. The van der Waals surface area contributed by atoms with Crippen LogP contribution in [0, 0.1) is 5.82 Å². The molecule has 0 saturated carbocycles. The van der Waals surface area contributed by atoms with Gasteiger partial charge in [-0.1, -0.05) is 41.9 Å². The van der Waals surface area contributed by atoms with E-state index in [9.17, 15) is 14.6 Å². The summed E-state index contributed by atoms with van der Waals surface area (Å²) in [6, 6.07) is 13.3. The summed E-state index contributed by atoms with van der Waals surface area (Å²) in [5.41, 5.74) is 1.34. The van der Waals surface area contributed by atoms with Crippen LogP contribution in [0.25, 0.3) is 27.7 Å². The molecule has 2 N–H and O–H groups in total. The largest absolute Gasteiger partial charge is 0.508 e. The molecule has 3 aromatic carbocycles. The van der Waals surface area contributed by atoms with E-state index in [0.717, 1.165) is 10.8 Å². The Bertz CT molecular complexity index is 932. The van der Waals surface area contributed by atoms with Gasteiger partial charge in [-0.15, -0.1) is 0 Å². The molecule has 0 bridgehead atoms. The number of aromatic hydroxyl groups is 1. The molecule has 3 aromatic rings. The average Bonchev–Trinajstić information content (AvgIpc) is 2.57. The molecule has 2 nitrogen and oxygen atoms in total. The van der Waals surface area contributed by atoms with Gasteiger partial charge in [-0.2, -0.15) is 0 Å². The molecule has 0 saturated heterocycles. The molecular weight excluding hydrogens is 315 g/mol. The van der Waals surface area contributed by atoms with Gasteiger partial charge in [0.1, 0.15) is 17.3 Å². The third-order valence-corrected chi connectivity index (χ3v) is 4.17. The summed E-state index contributed by atoms with van der Waals surface area (Å²) < 4.78 is 14.3. The van der Waals surface area contributed by atoms with Crippen molar-refractivity contribution in [3.8, 4) is 16.9 Å². The minimum absolute atomic E-state index is 0.0295. The summed E-state index contributed by atoms with van der Waals surface area (Å²) in [5, 5.41) is 21.3. The van der Waals surface area contributed by atoms with E-state index in [1.807, 2.05) is 12.1 Å². The third kappa shape index (κ3) is 2.64. The van der Waals surface area contributed by atoms with E-state index >= 15 is 0 Å². The minimum atomic E-state index is -0.513. The Hall–Kier alpha value is -2.52. The predicted molar refractivity (Wildman–Crippen MR) is 92.3 cm³/mol. The van der Waals surface area contributed by atoms with Gasteiger partial charge in [-0.05, 0) is 47.5 Å². The van der Waals surface area contributed by atoms with Crippen LogP contribution in [0.2, 0.25) is 5.02 Å². The highest BCUT2D eigenvalue weighted by atomic mass is 35.5. The quantitative estimate of drug-likeness (QED) is 0.573. The van der Waals surface area contributed by atoms with E-state index in [2.05, 4.69) is 0 Å². The summed E-state index contributed by atoms with van der Waals surface area (Å²) in [6.45, 7) is 1.73. The first-order chi connectivity index (χ1) is 11.0. The fourth-order valence-corrected chi connectivity index (χ4v) is 2.86. The van der Waals surface area contributed by atoms with E-state index in [1.54, 1.807) is 37.3 Å². The Kier molecular flexibility index (Phi) is 3.97. The van der Waals surface area contributed by atoms with Gasteiger partial charge >= 0.3 is 0 Å². The molecule has 0 atom stereocenters. The first-order valence-electron chi connectivity index (χ1n) is 7.08. The fraction of sp³-hybridized carbons (Fsp3) is 0.0526. The van der Waals surface area contributed by atoms with Gasteiger partial charge in [-0.25, -0.2) is 4.39 Å². The zero-order chi connectivity index (χ0) is 16.6. The van der Waals surface area contributed by atoms with Crippen LogP contribution < -0.4 is 0 Å². The second-order valence-corrected chi connectivity index (χ2v) is 5.55. The standard InChI is InChI=1S/C19H14ClFO2/c1-2-16(22)12-7-6-11-4-3-5-13(14(11)10-12)18-15(21)8-9-17(23)19(18)20/h2-10,22-23H,1H3. The van der Waals surface area contributed by atoms with Crippen LogP contribution in [-0.4, -0.2) is 10.2 Å². The number of aliphatic hydroxyl groups is 1. The van der Waals surface area contributed by atoms with Crippen molar-refractivity contribution in [2.45, 2.75) is 6.92 Å². The fourth-order valence-electron chi connectivity index (χ4n) is 2.61.